The maximum absolute atomic E-state index is 13.0. The SMILES string of the molecule is COc1cc(/C=C2\SC(=O)N(CCOc3cccc4ccccc34)C2=O)ccc1OCC(=O)Nc1ccc(C)c(Cl)c1. The van der Waals surface area contributed by atoms with Gasteiger partial charge < -0.3 is 19.5 Å². The fourth-order valence-electron chi connectivity index (χ4n) is 4.32. The van der Waals surface area contributed by atoms with Crippen LogP contribution in [-0.2, 0) is 9.59 Å². The van der Waals surface area contributed by atoms with Crippen molar-refractivity contribution in [2.45, 2.75) is 6.92 Å². The molecule has 8 nitrogen and oxygen atoms in total. The van der Waals surface area contributed by atoms with E-state index in [2.05, 4.69) is 5.32 Å². The van der Waals surface area contributed by atoms with Crippen molar-refractivity contribution in [3.05, 3.63) is 99.9 Å². The molecular formula is C32H27ClN2O6S. The van der Waals surface area contributed by atoms with Gasteiger partial charge in [0.15, 0.2) is 18.1 Å². The monoisotopic (exact) mass is 602 g/mol. The molecule has 3 amide bonds. The van der Waals surface area contributed by atoms with Crippen molar-refractivity contribution >= 4 is 63.0 Å². The zero-order chi connectivity index (χ0) is 29.6. The summed E-state index contributed by atoms with van der Waals surface area (Å²) in [4.78, 5) is 39.5. The van der Waals surface area contributed by atoms with Crippen LogP contribution in [0.15, 0.2) is 83.8 Å². The Kier molecular flexibility index (Phi) is 9.00. The molecule has 0 bridgehead atoms. The molecular weight excluding hydrogens is 576 g/mol. The van der Waals surface area contributed by atoms with Gasteiger partial charge in [-0.1, -0.05) is 60.1 Å². The van der Waals surface area contributed by atoms with Gasteiger partial charge in [0.2, 0.25) is 0 Å². The van der Waals surface area contributed by atoms with Crippen LogP contribution in [0.5, 0.6) is 17.2 Å². The molecule has 4 aromatic rings. The Bertz CT molecular complexity index is 1700. The second-order valence-corrected chi connectivity index (χ2v) is 10.8. The fraction of sp³-hybridized carbons (Fsp3) is 0.156. The summed E-state index contributed by atoms with van der Waals surface area (Å²) < 4.78 is 17.0. The lowest BCUT2D eigenvalue weighted by Crippen LogP contribution is -2.32. The van der Waals surface area contributed by atoms with Crippen LogP contribution in [0, 0.1) is 6.92 Å². The lowest BCUT2D eigenvalue weighted by Gasteiger charge is -2.14. The summed E-state index contributed by atoms with van der Waals surface area (Å²) in [6, 6.07) is 23.9. The summed E-state index contributed by atoms with van der Waals surface area (Å²) in [6.07, 6.45) is 1.62. The topological polar surface area (TPSA) is 94.2 Å². The largest absolute Gasteiger partial charge is 0.493 e. The number of carbonyl (C=O) groups is 3. The van der Waals surface area contributed by atoms with Gasteiger partial charge in [-0.2, -0.15) is 0 Å². The van der Waals surface area contributed by atoms with Crippen LogP contribution in [-0.4, -0.2) is 48.8 Å². The average molecular weight is 603 g/mol. The zero-order valence-electron chi connectivity index (χ0n) is 22.9. The second kappa shape index (κ2) is 13.0. The third-order valence-electron chi connectivity index (χ3n) is 6.50. The lowest BCUT2D eigenvalue weighted by atomic mass is 10.1. The van der Waals surface area contributed by atoms with Crippen LogP contribution in [0.4, 0.5) is 10.5 Å². The first-order chi connectivity index (χ1) is 20.3. The van der Waals surface area contributed by atoms with Gasteiger partial charge in [-0.05, 0) is 71.6 Å². The zero-order valence-corrected chi connectivity index (χ0v) is 24.5. The minimum Gasteiger partial charge on any atom is -0.493 e. The molecule has 0 atom stereocenters. The molecule has 4 aromatic carbocycles. The van der Waals surface area contributed by atoms with Gasteiger partial charge in [0, 0.05) is 16.1 Å². The van der Waals surface area contributed by atoms with Crippen molar-refractivity contribution in [2.24, 2.45) is 0 Å². The normalized spacial score (nSPS) is 14.0. The predicted molar refractivity (Wildman–Crippen MR) is 165 cm³/mol. The summed E-state index contributed by atoms with van der Waals surface area (Å²) in [6.45, 7) is 1.92. The Morgan fingerprint density at radius 1 is 0.952 bits per heavy atom. The van der Waals surface area contributed by atoms with Crippen molar-refractivity contribution in [3.8, 4) is 17.2 Å². The summed E-state index contributed by atoms with van der Waals surface area (Å²) in [5.74, 6) is 0.669. The molecule has 0 aromatic heterocycles. The Labute approximate surface area is 252 Å². The molecule has 0 aliphatic carbocycles. The van der Waals surface area contributed by atoms with Crippen molar-refractivity contribution < 1.29 is 28.6 Å². The molecule has 0 saturated carbocycles. The van der Waals surface area contributed by atoms with E-state index in [1.165, 1.54) is 12.0 Å². The number of carbonyl (C=O) groups excluding carboxylic acids is 3. The minimum atomic E-state index is -0.390. The van der Waals surface area contributed by atoms with E-state index in [1.54, 1.807) is 36.4 Å². The van der Waals surface area contributed by atoms with E-state index < -0.39 is 5.91 Å². The van der Waals surface area contributed by atoms with Crippen molar-refractivity contribution in [1.29, 1.82) is 0 Å². The number of ether oxygens (including phenoxy) is 3. The van der Waals surface area contributed by atoms with Crippen molar-refractivity contribution in [1.82, 2.24) is 4.90 Å². The lowest BCUT2D eigenvalue weighted by molar-refractivity contribution is -0.123. The number of amides is 3. The maximum Gasteiger partial charge on any atom is 0.293 e. The number of fused-ring (bicyclic) bond motifs is 1. The van der Waals surface area contributed by atoms with E-state index >= 15 is 0 Å². The molecule has 1 heterocycles. The van der Waals surface area contributed by atoms with Crippen LogP contribution in [0.1, 0.15) is 11.1 Å². The van der Waals surface area contributed by atoms with Gasteiger partial charge in [-0.25, -0.2) is 0 Å². The Morgan fingerprint density at radius 2 is 1.76 bits per heavy atom. The van der Waals surface area contributed by atoms with Gasteiger partial charge in [0.25, 0.3) is 17.1 Å². The third-order valence-corrected chi connectivity index (χ3v) is 7.81. The highest BCUT2D eigenvalue weighted by Crippen LogP contribution is 2.35. The van der Waals surface area contributed by atoms with Gasteiger partial charge in [0.05, 0.1) is 18.6 Å². The molecule has 0 radical (unpaired) electrons. The highest BCUT2D eigenvalue weighted by Gasteiger charge is 2.34. The fourth-order valence-corrected chi connectivity index (χ4v) is 5.36. The maximum atomic E-state index is 13.0. The van der Waals surface area contributed by atoms with Gasteiger partial charge >= 0.3 is 0 Å². The Morgan fingerprint density at radius 3 is 2.57 bits per heavy atom. The molecule has 0 spiro atoms. The Balaban J connectivity index is 1.19. The molecule has 10 heteroatoms. The first kappa shape index (κ1) is 29.0. The number of nitrogens with zero attached hydrogens (tertiary/aromatic N) is 1. The molecule has 1 fully saturated rings. The van der Waals surface area contributed by atoms with Crippen LogP contribution in [0.2, 0.25) is 5.02 Å². The van der Waals surface area contributed by atoms with Gasteiger partial charge in [0.1, 0.15) is 12.4 Å². The summed E-state index contributed by atoms with van der Waals surface area (Å²) in [5.41, 5.74) is 2.11. The number of methoxy groups -OCH3 is 1. The predicted octanol–water partition coefficient (Wildman–Crippen LogP) is 6.94. The van der Waals surface area contributed by atoms with Crippen LogP contribution < -0.4 is 19.5 Å². The quantitative estimate of drug-likeness (QED) is 0.196. The number of benzene rings is 4. The van der Waals surface area contributed by atoms with Gasteiger partial charge in [-0.15, -0.1) is 0 Å². The number of anilines is 1. The van der Waals surface area contributed by atoms with E-state index in [0.717, 1.165) is 28.1 Å². The number of halogens is 1. The third kappa shape index (κ3) is 6.70. The molecule has 1 aliphatic heterocycles. The smallest absolute Gasteiger partial charge is 0.293 e. The number of rotatable bonds is 10. The molecule has 1 saturated heterocycles. The second-order valence-electron chi connectivity index (χ2n) is 9.37. The summed E-state index contributed by atoms with van der Waals surface area (Å²) in [7, 11) is 1.48. The average Bonchev–Trinajstić information content (AvgIpc) is 3.25. The Hall–Kier alpha value is -4.47. The van der Waals surface area contributed by atoms with Gasteiger partial charge in [-0.3, -0.25) is 19.3 Å². The highest BCUT2D eigenvalue weighted by molar-refractivity contribution is 8.18. The molecule has 0 unspecified atom stereocenters. The number of thioether (sulfide) groups is 1. The summed E-state index contributed by atoms with van der Waals surface area (Å²) in [5, 5.41) is 4.94. The number of hydrogen-bond acceptors (Lipinski definition) is 7. The molecule has 1 N–H and O–H groups in total. The first-order valence-electron chi connectivity index (χ1n) is 13.0. The van der Waals surface area contributed by atoms with E-state index in [1.807, 2.05) is 55.5 Å². The van der Waals surface area contributed by atoms with Crippen LogP contribution >= 0.6 is 23.4 Å². The number of nitrogens with one attached hydrogen (secondary N) is 1. The van der Waals surface area contributed by atoms with E-state index in [0.29, 0.717) is 33.5 Å². The first-order valence-corrected chi connectivity index (χ1v) is 14.2. The summed E-state index contributed by atoms with van der Waals surface area (Å²) >= 11 is 6.99. The number of aryl methyl sites for hydroxylation is 1. The van der Waals surface area contributed by atoms with Crippen molar-refractivity contribution in [2.75, 3.05) is 32.2 Å². The molecule has 42 heavy (non-hydrogen) atoms. The van der Waals surface area contributed by atoms with E-state index in [4.69, 9.17) is 25.8 Å². The number of hydrogen-bond donors (Lipinski definition) is 1. The standard InChI is InChI=1S/C32H27ClN2O6S/c1-20-10-12-23(18-25(20)33)34-30(36)19-41-27-13-11-21(16-28(27)39-2)17-29-31(37)35(32(38)42-29)14-15-40-26-9-5-7-22-6-3-4-8-24(22)26/h3-13,16-18H,14-15,19H2,1-2H3,(H,34,36)/b29-17-. The van der Waals surface area contributed by atoms with E-state index in [-0.39, 0.29) is 35.8 Å². The van der Waals surface area contributed by atoms with Crippen LogP contribution in [0.3, 0.4) is 0 Å². The van der Waals surface area contributed by atoms with E-state index in [9.17, 15) is 14.4 Å². The number of imide groups is 1. The van der Waals surface area contributed by atoms with Crippen molar-refractivity contribution in [3.63, 3.8) is 0 Å². The highest BCUT2D eigenvalue weighted by atomic mass is 35.5. The molecule has 5 rings (SSSR count). The minimum absolute atomic E-state index is 0.123. The van der Waals surface area contributed by atoms with Crippen LogP contribution in [0.25, 0.3) is 16.8 Å². The molecule has 214 valence electrons. The molecule has 1 aliphatic rings.